The number of aliphatic hydroxyl groups is 1. The second-order valence-electron chi connectivity index (χ2n) is 6.76. The molecule has 0 bridgehead atoms. The summed E-state index contributed by atoms with van der Waals surface area (Å²) in [5.74, 6) is 0.600. The predicted octanol–water partition coefficient (Wildman–Crippen LogP) is 1.41. The van der Waals surface area contributed by atoms with Crippen LogP contribution in [-0.2, 0) is 11.3 Å². The number of benzene rings is 1. The molecule has 1 saturated heterocycles. The quantitative estimate of drug-likeness (QED) is 0.891. The molecule has 0 unspecified atom stereocenters. The molecule has 1 aliphatic carbocycles. The molecule has 1 saturated carbocycles. The number of amides is 1. The second-order valence-corrected chi connectivity index (χ2v) is 6.76. The lowest BCUT2D eigenvalue weighted by atomic mass is 9.89. The van der Waals surface area contributed by atoms with E-state index in [4.69, 9.17) is 0 Å². The van der Waals surface area contributed by atoms with Crippen molar-refractivity contribution in [3.63, 3.8) is 0 Å². The molecule has 1 N–H and O–H groups in total. The van der Waals surface area contributed by atoms with Gasteiger partial charge in [-0.1, -0.05) is 29.8 Å². The first kappa shape index (κ1) is 14.5. The Morgan fingerprint density at radius 2 is 1.95 bits per heavy atom. The number of hydrogen-bond donors (Lipinski definition) is 1. The Bertz CT molecular complexity index is 516. The molecule has 4 nitrogen and oxygen atoms in total. The van der Waals surface area contributed by atoms with Gasteiger partial charge in [0.05, 0.1) is 12.1 Å². The summed E-state index contributed by atoms with van der Waals surface area (Å²) in [5, 5.41) is 10.3. The van der Waals surface area contributed by atoms with Crippen LogP contribution in [0.3, 0.4) is 0 Å². The molecule has 1 aliphatic heterocycles. The first-order chi connectivity index (χ1) is 9.96. The van der Waals surface area contributed by atoms with Gasteiger partial charge in [-0.2, -0.15) is 0 Å². The van der Waals surface area contributed by atoms with E-state index in [0.717, 1.165) is 18.4 Å². The van der Waals surface area contributed by atoms with Crippen molar-refractivity contribution in [2.75, 3.05) is 26.7 Å². The van der Waals surface area contributed by atoms with Crippen LogP contribution in [0, 0.1) is 12.8 Å². The zero-order valence-electron chi connectivity index (χ0n) is 12.9. The summed E-state index contributed by atoms with van der Waals surface area (Å²) < 4.78 is 0. The van der Waals surface area contributed by atoms with Crippen molar-refractivity contribution in [1.82, 2.24) is 9.80 Å². The first-order valence-corrected chi connectivity index (χ1v) is 7.70. The number of carbonyl (C=O) groups excluding carboxylic acids is 1. The van der Waals surface area contributed by atoms with Crippen molar-refractivity contribution in [3.05, 3.63) is 35.4 Å². The molecule has 1 aromatic carbocycles. The van der Waals surface area contributed by atoms with Gasteiger partial charge >= 0.3 is 0 Å². The van der Waals surface area contributed by atoms with Crippen molar-refractivity contribution in [3.8, 4) is 0 Å². The van der Waals surface area contributed by atoms with Gasteiger partial charge in [-0.15, -0.1) is 0 Å². The van der Waals surface area contributed by atoms with Crippen LogP contribution >= 0.6 is 0 Å². The summed E-state index contributed by atoms with van der Waals surface area (Å²) in [6, 6.07) is 8.26. The largest absolute Gasteiger partial charge is 0.387 e. The van der Waals surface area contributed by atoms with E-state index in [2.05, 4.69) is 31.2 Å². The summed E-state index contributed by atoms with van der Waals surface area (Å²) in [4.78, 5) is 16.0. The fourth-order valence-corrected chi connectivity index (χ4v) is 3.09. The average molecular weight is 288 g/mol. The molecule has 4 heteroatoms. The maximum atomic E-state index is 12.2. The zero-order chi connectivity index (χ0) is 15.0. The van der Waals surface area contributed by atoms with Crippen LogP contribution < -0.4 is 0 Å². The third kappa shape index (κ3) is 3.27. The molecule has 2 aliphatic rings. The van der Waals surface area contributed by atoms with Gasteiger partial charge in [0, 0.05) is 26.7 Å². The molecule has 0 radical (unpaired) electrons. The minimum atomic E-state index is -0.504. The topological polar surface area (TPSA) is 43.8 Å². The summed E-state index contributed by atoms with van der Waals surface area (Å²) >= 11 is 0. The third-order valence-electron chi connectivity index (χ3n) is 4.66. The third-order valence-corrected chi connectivity index (χ3v) is 4.66. The standard InChI is InChI=1S/C17H24N2O2/c1-13-3-5-14(6-4-13)9-18(2)16(20)10-19-11-17(21,12-19)15-7-8-15/h3-6,15,21H,7-12H2,1-2H3. The van der Waals surface area contributed by atoms with Gasteiger partial charge in [-0.05, 0) is 31.2 Å². The number of aryl methyl sites for hydroxylation is 1. The molecule has 21 heavy (non-hydrogen) atoms. The second kappa shape index (κ2) is 5.43. The summed E-state index contributed by atoms with van der Waals surface area (Å²) in [5.41, 5.74) is 1.87. The number of nitrogens with zero attached hydrogens (tertiary/aromatic N) is 2. The molecule has 2 fully saturated rings. The Hall–Kier alpha value is -1.39. The van der Waals surface area contributed by atoms with E-state index >= 15 is 0 Å². The van der Waals surface area contributed by atoms with Crippen LogP contribution in [0.2, 0.25) is 0 Å². The highest BCUT2D eigenvalue weighted by Crippen LogP contribution is 2.44. The van der Waals surface area contributed by atoms with E-state index in [1.165, 1.54) is 5.56 Å². The SMILES string of the molecule is Cc1ccc(CN(C)C(=O)CN2CC(O)(C3CC3)C2)cc1. The minimum Gasteiger partial charge on any atom is -0.387 e. The summed E-state index contributed by atoms with van der Waals surface area (Å²) in [7, 11) is 1.84. The Balaban J connectivity index is 1.46. The summed E-state index contributed by atoms with van der Waals surface area (Å²) in [6.45, 7) is 4.42. The fraction of sp³-hybridized carbons (Fsp3) is 0.588. The normalized spacial score (nSPS) is 20.9. The molecular weight excluding hydrogens is 264 g/mol. The lowest BCUT2D eigenvalue weighted by Crippen LogP contribution is -2.64. The lowest BCUT2D eigenvalue weighted by molar-refractivity contribution is -0.144. The minimum absolute atomic E-state index is 0.119. The predicted molar refractivity (Wildman–Crippen MR) is 81.8 cm³/mol. The van der Waals surface area contributed by atoms with E-state index < -0.39 is 5.60 Å². The smallest absolute Gasteiger partial charge is 0.236 e. The van der Waals surface area contributed by atoms with Crippen LogP contribution in [0.4, 0.5) is 0 Å². The molecule has 114 valence electrons. The van der Waals surface area contributed by atoms with E-state index in [0.29, 0.717) is 32.1 Å². The fourth-order valence-electron chi connectivity index (χ4n) is 3.09. The van der Waals surface area contributed by atoms with Crippen LogP contribution in [0.25, 0.3) is 0 Å². The highest BCUT2D eigenvalue weighted by atomic mass is 16.3. The number of carbonyl (C=O) groups is 1. The van der Waals surface area contributed by atoms with Gasteiger partial charge in [-0.3, -0.25) is 9.69 Å². The van der Waals surface area contributed by atoms with Crippen molar-refractivity contribution in [2.45, 2.75) is 31.9 Å². The molecule has 1 heterocycles. The molecule has 1 aromatic rings. The van der Waals surface area contributed by atoms with Crippen molar-refractivity contribution in [1.29, 1.82) is 0 Å². The number of likely N-dealkylation sites (N-methyl/N-ethyl adjacent to an activating group) is 1. The zero-order valence-corrected chi connectivity index (χ0v) is 12.9. The van der Waals surface area contributed by atoms with Crippen molar-refractivity contribution in [2.24, 2.45) is 5.92 Å². The van der Waals surface area contributed by atoms with E-state index in [1.807, 2.05) is 11.9 Å². The molecule has 0 atom stereocenters. The van der Waals surface area contributed by atoms with Gasteiger partial charge in [0.2, 0.25) is 5.91 Å². The van der Waals surface area contributed by atoms with Crippen LogP contribution in [0.5, 0.6) is 0 Å². The van der Waals surface area contributed by atoms with Gasteiger partial charge in [0.25, 0.3) is 0 Å². The molecule has 0 spiro atoms. The van der Waals surface area contributed by atoms with E-state index in [-0.39, 0.29) is 5.91 Å². The number of hydrogen-bond acceptors (Lipinski definition) is 3. The number of likely N-dealkylation sites (tertiary alicyclic amines) is 1. The highest BCUT2D eigenvalue weighted by molar-refractivity contribution is 5.78. The monoisotopic (exact) mass is 288 g/mol. The average Bonchev–Trinajstić information content (AvgIpc) is 3.24. The van der Waals surface area contributed by atoms with Gasteiger partial charge < -0.3 is 10.0 Å². The molecule has 1 amide bonds. The Morgan fingerprint density at radius 1 is 1.33 bits per heavy atom. The van der Waals surface area contributed by atoms with Crippen LogP contribution in [0.15, 0.2) is 24.3 Å². The van der Waals surface area contributed by atoms with E-state index in [9.17, 15) is 9.90 Å². The summed E-state index contributed by atoms with van der Waals surface area (Å²) in [6.07, 6.45) is 2.29. The van der Waals surface area contributed by atoms with Crippen LogP contribution in [0.1, 0.15) is 24.0 Å². The lowest BCUT2D eigenvalue weighted by Gasteiger charge is -2.47. The van der Waals surface area contributed by atoms with Gasteiger partial charge in [0.1, 0.15) is 0 Å². The molecule has 0 aromatic heterocycles. The highest BCUT2D eigenvalue weighted by Gasteiger charge is 2.52. The Kier molecular flexibility index (Phi) is 3.76. The molecular formula is C17H24N2O2. The van der Waals surface area contributed by atoms with Crippen molar-refractivity contribution < 1.29 is 9.90 Å². The van der Waals surface area contributed by atoms with Crippen LogP contribution in [-0.4, -0.2) is 53.1 Å². The maximum Gasteiger partial charge on any atom is 0.236 e. The number of rotatable bonds is 5. The maximum absolute atomic E-state index is 12.2. The Morgan fingerprint density at radius 3 is 2.52 bits per heavy atom. The number of β-amino-alcohol motifs (C(OH)–C–C–N with tert-alkyl or cyclic N) is 1. The Labute approximate surface area is 126 Å². The van der Waals surface area contributed by atoms with Gasteiger partial charge in [0.15, 0.2) is 0 Å². The van der Waals surface area contributed by atoms with Crippen molar-refractivity contribution >= 4 is 5.91 Å². The first-order valence-electron chi connectivity index (χ1n) is 7.70. The van der Waals surface area contributed by atoms with Gasteiger partial charge in [-0.25, -0.2) is 0 Å². The van der Waals surface area contributed by atoms with E-state index in [1.54, 1.807) is 4.90 Å². The molecule has 3 rings (SSSR count).